The van der Waals surface area contributed by atoms with Crippen molar-refractivity contribution in [3.8, 4) is 0 Å². The zero-order valence-electron chi connectivity index (χ0n) is 13.1. The number of thiophene rings is 1. The molecule has 2 amide bonds. The number of hydrogen-bond donors (Lipinski definition) is 1. The lowest BCUT2D eigenvalue weighted by Gasteiger charge is -2.31. The monoisotopic (exact) mass is 328 g/mol. The van der Waals surface area contributed by atoms with E-state index in [1.807, 2.05) is 28.5 Å². The van der Waals surface area contributed by atoms with Crippen LogP contribution in [0.15, 0.2) is 41.8 Å². The summed E-state index contributed by atoms with van der Waals surface area (Å²) in [5.41, 5.74) is 1.14. The van der Waals surface area contributed by atoms with Crippen molar-refractivity contribution in [1.29, 1.82) is 0 Å². The Hall–Kier alpha value is -2.14. The Morgan fingerprint density at radius 3 is 2.78 bits per heavy atom. The standard InChI is InChI=1S/C18H20N2O2S/c1-13-6-4-10-20(12-13)18(22)14-7-2-3-8-15(14)19-17(21)16-9-5-11-23-16/h2-3,5,7-9,11,13H,4,6,10,12H2,1H3,(H,19,21). The molecule has 5 heteroatoms. The highest BCUT2D eigenvalue weighted by Crippen LogP contribution is 2.23. The van der Waals surface area contributed by atoms with E-state index in [1.165, 1.54) is 17.8 Å². The SMILES string of the molecule is CC1CCCN(C(=O)c2ccccc2NC(=O)c2cccs2)C1. The molecule has 1 aromatic heterocycles. The van der Waals surface area contributed by atoms with Crippen molar-refractivity contribution in [2.24, 2.45) is 5.92 Å². The van der Waals surface area contributed by atoms with Crippen molar-refractivity contribution in [2.45, 2.75) is 19.8 Å². The molecule has 0 spiro atoms. The zero-order valence-corrected chi connectivity index (χ0v) is 13.9. The second-order valence-corrected chi connectivity index (χ2v) is 6.92. The fourth-order valence-corrected chi connectivity index (χ4v) is 3.53. The Balaban J connectivity index is 1.80. The number of piperidine rings is 1. The normalized spacial score (nSPS) is 17.8. The minimum atomic E-state index is -0.174. The molecule has 23 heavy (non-hydrogen) atoms. The molecule has 0 bridgehead atoms. The fraction of sp³-hybridized carbons (Fsp3) is 0.333. The van der Waals surface area contributed by atoms with E-state index in [1.54, 1.807) is 18.2 Å². The number of nitrogens with zero attached hydrogens (tertiary/aromatic N) is 1. The number of hydrogen-bond acceptors (Lipinski definition) is 3. The summed E-state index contributed by atoms with van der Waals surface area (Å²) in [6.07, 6.45) is 2.21. The number of para-hydroxylation sites is 1. The highest BCUT2D eigenvalue weighted by molar-refractivity contribution is 7.12. The maximum Gasteiger partial charge on any atom is 0.265 e. The minimum absolute atomic E-state index is 0.00127. The first-order chi connectivity index (χ1) is 11.1. The third-order valence-electron chi connectivity index (χ3n) is 4.09. The molecule has 1 aliphatic rings. The molecule has 0 saturated carbocycles. The second kappa shape index (κ2) is 6.96. The van der Waals surface area contributed by atoms with Gasteiger partial charge in [0.25, 0.3) is 11.8 Å². The van der Waals surface area contributed by atoms with E-state index in [9.17, 15) is 9.59 Å². The first-order valence-electron chi connectivity index (χ1n) is 7.88. The number of benzene rings is 1. The molecule has 1 aliphatic heterocycles. The predicted octanol–water partition coefficient (Wildman–Crippen LogP) is 3.87. The average Bonchev–Trinajstić information content (AvgIpc) is 3.09. The van der Waals surface area contributed by atoms with Gasteiger partial charge >= 0.3 is 0 Å². The second-order valence-electron chi connectivity index (χ2n) is 5.98. The predicted molar refractivity (Wildman–Crippen MR) is 93.0 cm³/mol. The van der Waals surface area contributed by atoms with Crippen LogP contribution in [-0.2, 0) is 0 Å². The van der Waals surface area contributed by atoms with E-state index < -0.39 is 0 Å². The summed E-state index contributed by atoms with van der Waals surface area (Å²) in [6, 6.07) is 10.8. The van der Waals surface area contributed by atoms with Crippen molar-refractivity contribution in [3.63, 3.8) is 0 Å². The smallest absolute Gasteiger partial charge is 0.265 e. The molecule has 4 nitrogen and oxygen atoms in total. The van der Waals surface area contributed by atoms with Gasteiger partial charge in [0.2, 0.25) is 0 Å². The van der Waals surface area contributed by atoms with Crippen molar-refractivity contribution < 1.29 is 9.59 Å². The third kappa shape index (κ3) is 3.62. The van der Waals surface area contributed by atoms with E-state index in [0.29, 0.717) is 22.0 Å². The summed E-state index contributed by atoms with van der Waals surface area (Å²) in [6.45, 7) is 3.74. The maximum absolute atomic E-state index is 12.8. The van der Waals surface area contributed by atoms with Gasteiger partial charge in [-0.2, -0.15) is 0 Å². The Morgan fingerprint density at radius 1 is 1.22 bits per heavy atom. The first kappa shape index (κ1) is 15.7. The van der Waals surface area contributed by atoms with Crippen LogP contribution < -0.4 is 5.32 Å². The van der Waals surface area contributed by atoms with Crippen LogP contribution in [0.4, 0.5) is 5.69 Å². The molecule has 1 N–H and O–H groups in total. The molecule has 1 atom stereocenters. The van der Waals surface area contributed by atoms with Crippen LogP contribution in [0, 0.1) is 5.92 Å². The number of rotatable bonds is 3. The molecular formula is C18H20N2O2S. The van der Waals surface area contributed by atoms with Crippen LogP contribution in [-0.4, -0.2) is 29.8 Å². The van der Waals surface area contributed by atoms with Crippen LogP contribution in [0.1, 0.15) is 39.8 Å². The van der Waals surface area contributed by atoms with Gasteiger partial charge < -0.3 is 10.2 Å². The van der Waals surface area contributed by atoms with Gasteiger partial charge in [0, 0.05) is 13.1 Å². The molecule has 0 aliphatic carbocycles. The number of carbonyl (C=O) groups excluding carboxylic acids is 2. The topological polar surface area (TPSA) is 49.4 Å². The van der Waals surface area contributed by atoms with Crippen LogP contribution in [0.3, 0.4) is 0 Å². The number of carbonyl (C=O) groups is 2. The molecule has 2 heterocycles. The zero-order chi connectivity index (χ0) is 16.2. The minimum Gasteiger partial charge on any atom is -0.338 e. The molecule has 1 fully saturated rings. The average molecular weight is 328 g/mol. The first-order valence-corrected chi connectivity index (χ1v) is 8.76. The summed E-state index contributed by atoms with van der Waals surface area (Å²) < 4.78 is 0. The summed E-state index contributed by atoms with van der Waals surface area (Å²) in [5, 5.41) is 4.73. The number of likely N-dealkylation sites (tertiary alicyclic amines) is 1. The van der Waals surface area contributed by atoms with Gasteiger partial charge in [0.15, 0.2) is 0 Å². The molecule has 3 rings (SSSR count). The molecule has 2 aromatic rings. The van der Waals surface area contributed by atoms with Gasteiger partial charge in [-0.15, -0.1) is 11.3 Å². The van der Waals surface area contributed by atoms with E-state index in [0.717, 1.165) is 19.5 Å². The van der Waals surface area contributed by atoms with Crippen LogP contribution in [0.25, 0.3) is 0 Å². The van der Waals surface area contributed by atoms with Crippen molar-refractivity contribution in [1.82, 2.24) is 4.90 Å². The van der Waals surface area contributed by atoms with Crippen molar-refractivity contribution in [3.05, 3.63) is 52.2 Å². The Labute approximate surface area is 140 Å². The van der Waals surface area contributed by atoms with E-state index in [4.69, 9.17) is 0 Å². The third-order valence-corrected chi connectivity index (χ3v) is 4.96. The molecule has 1 unspecified atom stereocenters. The maximum atomic E-state index is 12.8. The molecule has 120 valence electrons. The van der Waals surface area contributed by atoms with Gasteiger partial charge in [0.05, 0.1) is 16.1 Å². The summed E-state index contributed by atoms with van der Waals surface area (Å²) in [7, 11) is 0. The number of nitrogens with one attached hydrogen (secondary N) is 1. The van der Waals surface area contributed by atoms with Crippen molar-refractivity contribution >= 4 is 28.8 Å². The van der Waals surface area contributed by atoms with Gasteiger partial charge in [-0.25, -0.2) is 0 Å². The van der Waals surface area contributed by atoms with E-state index >= 15 is 0 Å². The fourth-order valence-electron chi connectivity index (χ4n) is 2.91. The highest BCUT2D eigenvalue weighted by atomic mass is 32.1. The number of anilines is 1. The Morgan fingerprint density at radius 2 is 2.04 bits per heavy atom. The Kier molecular flexibility index (Phi) is 4.76. The molecule has 0 radical (unpaired) electrons. The quantitative estimate of drug-likeness (QED) is 0.930. The Bertz CT molecular complexity index is 697. The highest BCUT2D eigenvalue weighted by Gasteiger charge is 2.24. The van der Waals surface area contributed by atoms with Gasteiger partial charge in [-0.1, -0.05) is 25.1 Å². The molecule has 1 saturated heterocycles. The van der Waals surface area contributed by atoms with Gasteiger partial charge in [0.1, 0.15) is 0 Å². The lowest BCUT2D eigenvalue weighted by atomic mass is 9.99. The lowest BCUT2D eigenvalue weighted by molar-refractivity contribution is 0.0684. The van der Waals surface area contributed by atoms with Crippen LogP contribution in [0.2, 0.25) is 0 Å². The van der Waals surface area contributed by atoms with Crippen LogP contribution in [0.5, 0.6) is 0 Å². The molecule has 1 aromatic carbocycles. The van der Waals surface area contributed by atoms with Crippen molar-refractivity contribution in [2.75, 3.05) is 18.4 Å². The number of amides is 2. The van der Waals surface area contributed by atoms with E-state index in [2.05, 4.69) is 12.2 Å². The van der Waals surface area contributed by atoms with E-state index in [-0.39, 0.29) is 11.8 Å². The lowest BCUT2D eigenvalue weighted by Crippen LogP contribution is -2.39. The summed E-state index contributed by atoms with van der Waals surface area (Å²) in [4.78, 5) is 27.6. The van der Waals surface area contributed by atoms with Gasteiger partial charge in [-0.3, -0.25) is 9.59 Å². The molecular weight excluding hydrogens is 308 g/mol. The van der Waals surface area contributed by atoms with Crippen LogP contribution >= 0.6 is 11.3 Å². The summed E-state index contributed by atoms with van der Waals surface area (Å²) >= 11 is 1.39. The summed E-state index contributed by atoms with van der Waals surface area (Å²) in [5.74, 6) is 0.353. The largest absolute Gasteiger partial charge is 0.338 e. The van der Waals surface area contributed by atoms with Gasteiger partial charge in [-0.05, 0) is 42.3 Å².